The van der Waals surface area contributed by atoms with Gasteiger partial charge in [-0.25, -0.2) is 9.78 Å². The zero-order valence-electron chi connectivity index (χ0n) is 10.7. The molecule has 0 aliphatic rings. The van der Waals surface area contributed by atoms with Crippen molar-refractivity contribution in [3.63, 3.8) is 0 Å². The minimum absolute atomic E-state index is 0.122. The number of carbonyl (C=O) groups is 1. The van der Waals surface area contributed by atoms with Crippen molar-refractivity contribution in [2.45, 2.75) is 6.92 Å². The van der Waals surface area contributed by atoms with Gasteiger partial charge in [0.25, 0.3) is 0 Å². The summed E-state index contributed by atoms with van der Waals surface area (Å²) in [6.45, 7) is 1.86. The SMILES string of the molecule is Cc1cc(Cl)cn2c(C(=O)O)c(-c3ccccc3)nc12. The Bertz CT molecular complexity index is 810. The molecule has 0 aliphatic carbocycles. The van der Waals surface area contributed by atoms with Crippen molar-refractivity contribution in [3.05, 3.63) is 58.9 Å². The number of pyridine rings is 1. The molecule has 0 unspecified atom stereocenters. The predicted octanol–water partition coefficient (Wildman–Crippen LogP) is 3.66. The molecule has 0 fully saturated rings. The molecule has 100 valence electrons. The van der Waals surface area contributed by atoms with Gasteiger partial charge >= 0.3 is 5.97 Å². The fourth-order valence-corrected chi connectivity index (χ4v) is 2.53. The summed E-state index contributed by atoms with van der Waals surface area (Å²) in [5.74, 6) is -1.03. The number of nitrogens with zero attached hydrogens (tertiary/aromatic N) is 2. The van der Waals surface area contributed by atoms with E-state index in [2.05, 4.69) is 4.98 Å². The fourth-order valence-electron chi connectivity index (χ4n) is 2.27. The lowest BCUT2D eigenvalue weighted by Crippen LogP contribution is -2.03. The van der Waals surface area contributed by atoms with Gasteiger partial charge in [-0.2, -0.15) is 0 Å². The molecule has 2 heterocycles. The maximum Gasteiger partial charge on any atom is 0.355 e. The number of imidazole rings is 1. The Morgan fingerprint density at radius 1 is 1.30 bits per heavy atom. The maximum atomic E-state index is 11.6. The average molecular weight is 287 g/mol. The van der Waals surface area contributed by atoms with Crippen LogP contribution in [0, 0.1) is 6.92 Å². The third-order valence-corrected chi connectivity index (χ3v) is 3.33. The Balaban J connectivity index is 2.41. The first kappa shape index (κ1) is 12.7. The lowest BCUT2D eigenvalue weighted by atomic mass is 10.1. The van der Waals surface area contributed by atoms with Crippen LogP contribution < -0.4 is 0 Å². The largest absolute Gasteiger partial charge is 0.476 e. The van der Waals surface area contributed by atoms with E-state index in [0.29, 0.717) is 16.4 Å². The van der Waals surface area contributed by atoms with E-state index in [9.17, 15) is 9.90 Å². The van der Waals surface area contributed by atoms with Crippen LogP contribution in [0.5, 0.6) is 0 Å². The van der Waals surface area contributed by atoms with E-state index in [-0.39, 0.29) is 5.69 Å². The number of aromatic nitrogens is 2. The van der Waals surface area contributed by atoms with Crippen molar-refractivity contribution < 1.29 is 9.90 Å². The minimum Gasteiger partial charge on any atom is -0.476 e. The lowest BCUT2D eigenvalue weighted by molar-refractivity contribution is 0.0690. The molecule has 1 N–H and O–H groups in total. The predicted molar refractivity (Wildman–Crippen MR) is 77.3 cm³/mol. The van der Waals surface area contributed by atoms with Gasteiger partial charge in [-0.3, -0.25) is 4.40 Å². The number of carboxylic acid groups (broad SMARTS) is 1. The van der Waals surface area contributed by atoms with Gasteiger partial charge in [-0.05, 0) is 18.6 Å². The van der Waals surface area contributed by atoms with Crippen LogP contribution in [0.3, 0.4) is 0 Å². The molecule has 3 rings (SSSR count). The number of hydrogen-bond acceptors (Lipinski definition) is 2. The molecular weight excluding hydrogens is 276 g/mol. The van der Waals surface area contributed by atoms with Crippen LogP contribution in [0.4, 0.5) is 0 Å². The highest BCUT2D eigenvalue weighted by molar-refractivity contribution is 6.30. The van der Waals surface area contributed by atoms with Gasteiger partial charge in [0.1, 0.15) is 11.3 Å². The minimum atomic E-state index is -1.03. The normalized spacial score (nSPS) is 10.9. The molecule has 0 atom stereocenters. The summed E-state index contributed by atoms with van der Waals surface area (Å²) in [5, 5.41) is 9.97. The van der Waals surface area contributed by atoms with E-state index in [0.717, 1.165) is 11.1 Å². The molecular formula is C15H11ClN2O2. The lowest BCUT2D eigenvalue weighted by Gasteiger charge is -2.02. The van der Waals surface area contributed by atoms with Crippen molar-refractivity contribution in [1.29, 1.82) is 0 Å². The Morgan fingerprint density at radius 2 is 2.00 bits per heavy atom. The first-order chi connectivity index (χ1) is 9.58. The van der Waals surface area contributed by atoms with Gasteiger partial charge in [-0.15, -0.1) is 0 Å². The first-order valence-electron chi connectivity index (χ1n) is 6.05. The standard InChI is InChI=1S/C15H11ClN2O2/c1-9-7-11(16)8-18-13(15(19)20)12(17-14(9)18)10-5-3-2-4-6-10/h2-8H,1H3,(H,19,20). The number of aromatic carboxylic acids is 1. The van der Waals surface area contributed by atoms with E-state index in [1.165, 1.54) is 4.40 Å². The smallest absolute Gasteiger partial charge is 0.355 e. The maximum absolute atomic E-state index is 11.6. The highest BCUT2D eigenvalue weighted by Crippen LogP contribution is 2.27. The fraction of sp³-hybridized carbons (Fsp3) is 0.0667. The number of fused-ring (bicyclic) bond motifs is 1. The van der Waals surface area contributed by atoms with Crippen LogP contribution in [-0.4, -0.2) is 20.5 Å². The number of hydrogen-bond donors (Lipinski definition) is 1. The van der Waals surface area contributed by atoms with Crippen LogP contribution in [-0.2, 0) is 0 Å². The number of halogens is 1. The number of rotatable bonds is 2. The Hall–Kier alpha value is -2.33. The topological polar surface area (TPSA) is 54.6 Å². The van der Waals surface area contributed by atoms with Crippen LogP contribution in [0.1, 0.15) is 16.1 Å². The molecule has 0 saturated heterocycles. The van der Waals surface area contributed by atoms with Crippen molar-refractivity contribution in [2.24, 2.45) is 0 Å². The zero-order chi connectivity index (χ0) is 14.3. The van der Waals surface area contributed by atoms with Gasteiger partial charge in [-0.1, -0.05) is 41.9 Å². The molecule has 1 aromatic carbocycles. The van der Waals surface area contributed by atoms with Crippen molar-refractivity contribution in [3.8, 4) is 11.3 Å². The molecule has 5 heteroatoms. The summed E-state index contributed by atoms with van der Waals surface area (Å²) in [5.41, 5.74) is 2.78. The molecule has 0 bridgehead atoms. The second-order valence-electron chi connectivity index (χ2n) is 4.52. The highest BCUT2D eigenvalue weighted by atomic mass is 35.5. The van der Waals surface area contributed by atoms with E-state index in [1.54, 1.807) is 12.3 Å². The number of benzene rings is 1. The van der Waals surface area contributed by atoms with E-state index >= 15 is 0 Å². The van der Waals surface area contributed by atoms with Crippen molar-refractivity contribution >= 4 is 23.2 Å². The summed E-state index contributed by atoms with van der Waals surface area (Å²) in [6.07, 6.45) is 1.58. The molecule has 0 saturated carbocycles. The average Bonchev–Trinajstić information content (AvgIpc) is 2.79. The molecule has 0 aliphatic heterocycles. The third-order valence-electron chi connectivity index (χ3n) is 3.12. The molecule has 0 radical (unpaired) electrons. The number of aryl methyl sites for hydroxylation is 1. The quantitative estimate of drug-likeness (QED) is 0.782. The van der Waals surface area contributed by atoms with E-state index in [4.69, 9.17) is 11.6 Å². The van der Waals surface area contributed by atoms with Crippen LogP contribution >= 0.6 is 11.6 Å². The summed E-state index contributed by atoms with van der Waals surface area (Å²) < 4.78 is 1.53. The van der Waals surface area contributed by atoms with Crippen LogP contribution in [0.15, 0.2) is 42.6 Å². The monoisotopic (exact) mass is 286 g/mol. The Labute approximate surface area is 120 Å². The summed E-state index contributed by atoms with van der Waals surface area (Å²) in [4.78, 5) is 16.1. The highest BCUT2D eigenvalue weighted by Gasteiger charge is 2.20. The molecule has 0 amide bonds. The van der Waals surface area contributed by atoms with Gasteiger partial charge < -0.3 is 5.11 Å². The van der Waals surface area contributed by atoms with Gasteiger partial charge in [0.15, 0.2) is 5.69 Å². The van der Waals surface area contributed by atoms with Crippen LogP contribution in [0.25, 0.3) is 16.9 Å². The van der Waals surface area contributed by atoms with Gasteiger partial charge in [0, 0.05) is 11.8 Å². The van der Waals surface area contributed by atoms with Crippen molar-refractivity contribution in [1.82, 2.24) is 9.38 Å². The summed E-state index contributed by atoms with van der Waals surface area (Å²) >= 11 is 6.01. The Kier molecular flexibility index (Phi) is 2.95. The molecule has 4 nitrogen and oxygen atoms in total. The van der Waals surface area contributed by atoms with Gasteiger partial charge in [0.2, 0.25) is 0 Å². The molecule has 20 heavy (non-hydrogen) atoms. The second-order valence-corrected chi connectivity index (χ2v) is 4.95. The van der Waals surface area contributed by atoms with Crippen molar-refractivity contribution in [2.75, 3.05) is 0 Å². The molecule has 2 aromatic heterocycles. The molecule has 0 spiro atoms. The molecule has 3 aromatic rings. The van der Waals surface area contributed by atoms with E-state index < -0.39 is 5.97 Å². The zero-order valence-corrected chi connectivity index (χ0v) is 11.4. The Morgan fingerprint density at radius 3 is 2.65 bits per heavy atom. The second kappa shape index (κ2) is 4.65. The third kappa shape index (κ3) is 1.94. The summed E-state index contributed by atoms with van der Waals surface area (Å²) in [6, 6.07) is 11.0. The number of carboxylic acids is 1. The summed E-state index contributed by atoms with van der Waals surface area (Å²) in [7, 11) is 0. The van der Waals surface area contributed by atoms with Crippen LogP contribution in [0.2, 0.25) is 5.02 Å². The van der Waals surface area contributed by atoms with Gasteiger partial charge in [0.05, 0.1) is 5.02 Å². The first-order valence-corrected chi connectivity index (χ1v) is 6.42. The van der Waals surface area contributed by atoms with E-state index in [1.807, 2.05) is 37.3 Å².